The Labute approximate surface area is 238 Å². The molecule has 0 saturated carbocycles. The van der Waals surface area contributed by atoms with Crippen molar-refractivity contribution in [3.8, 4) is 0 Å². The number of carbonyl (C=O) groups is 2. The largest absolute Gasteiger partial charge is 0.366 e. The third-order valence-electron chi connectivity index (χ3n) is 8.64. The van der Waals surface area contributed by atoms with E-state index in [0.717, 1.165) is 11.4 Å². The topological polar surface area (TPSA) is 64.7 Å². The minimum absolute atomic E-state index is 0.198. The summed E-state index contributed by atoms with van der Waals surface area (Å²) in [5.41, 5.74) is 4.91. The van der Waals surface area contributed by atoms with E-state index >= 15 is 0 Å². The summed E-state index contributed by atoms with van der Waals surface area (Å²) in [6, 6.07) is 25.0. The first kappa shape index (κ1) is 27.8. The summed E-state index contributed by atoms with van der Waals surface area (Å²) >= 11 is 0. The van der Waals surface area contributed by atoms with Gasteiger partial charge in [0.25, 0.3) is 11.8 Å². The maximum absolute atomic E-state index is 12.9. The highest BCUT2D eigenvalue weighted by molar-refractivity contribution is 6.07. The van der Waals surface area contributed by atoms with Gasteiger partial charge in [0.2, 0.25) is 0 Å². The molecule has 2 aliphatic heterocycles. The minimum atomic E-state index is -0.198. The van der Waals surface area contributed by atoms with Crippen molar-refractivity contribution in [1.29, 1.82) is 0 Å². The van der Waals surface area contributed by atoms with Gasteiger partial charge in [0.1, 0.15) is 0 Å². The van der Waals surface area contributed by atoms with Crippen molar-refractivity contribution in [1.82, 2.24) is 0 Å². The average molecular weight is 539 g/mol. The first-order chi connectivity index (χ1) is 19.3. The summed E-state index contributed by atoms with van der Waals surface area (Å²) in [5, 5.41) is 5.95. The first-order valence-corrected chi connectivity index (χ1v) is 14.8. The molecule has 3 aromatic rings. The Kier molecular flexibility index (Phi) is 8.43. The van der Waals surface area contributed by atoms with E-state index in [1.807, 2.05) is 24.3 Å². The van der Waals surface area contributed by atoms with E-state index < -0.39 is 0 Å². The highest BCUT2D eigenvalue weighted by Crippen LogP contribution is 2.31. The summed E-state index contributed by atoms with van der Waals surface area (Å²) in [6.45, 7) is 9.12. The Morgan fingerprint density at radius 2 is 0.825 bits per heavy atom. The molecule has 2 saturated heterocycles. The van der Waals surface area contributed by atoms with Gasteiger partial charge in [-0.2, -0.15) is 0 Å². The Bertz CT molecular complexity index is 1180. The molecule has 2 heterocycles. The number of hydrogen-bond donors (Lipinski definition) is 2. The van der Waals surface area contributed by atoms with Gasteiger partial charge in [-0.15, -0.1) is 0 Å². The predicted molar refractivity (Wildman–Crippen MR) is 166 cm³/mol. The monoisotopic (exact) mass is 538 g/mol. The number of nitrogens with one attached hydrogen (secondary N) is 2. The maximum Gasteiger partial charge on any atom is 0.255 e. The molecule has 0 bridgehead atoms. The lowest BCUT2D eigenvalue weighted by Crippen LogP contribution is -2.43. The predicted octanol–water partition coefficient (Wildman–Crippen LogP) is 7.73. The zero-order valence-corrected chi connectivity index (χ0v) is 24.2. The van der Waals surface area contributed by atoms with Crippen LogP contribution in [0.25, 0.3) is 0 Å². The standard InChI is InChI=1S/C34H42N4O2/c1-23-7-5-8-24(2)37(23)31-19-15-29(16-20-31)35-33(39)27-11-13-28(14-12-27)34(40)36-30-17-21-32(22-18-30)38-25(3)9-6-10-26(38)4/h11-26H,5-10H2,1-4H3,(H,35,39)(H,36,40)/t23-,24+,25-,26+. The minimum Gasteiger partial charge on any atom is -0.366 e. The van der Waals surface area contributed by atoms with Gasteiger partial charge in [0.05, 0.1) is 0 Å². The van der Waals surface area contributed by atoms with E-state index in [4.69, 9.17) is 0 Å². The first-order valence-electron chi connectivity index (χ1n) is 14.8. The number of carbonyl (C=O) groups excluding carboxylic acids is 2. The molecule has 0 aliphatic carbocycles. The molecule has 4 atom stereocenters. The molecule has 2 fully saturated rings. The van der Waals surface area contributed by atoms with Crippen LogP contribution in [0.5, 0.6) is 0 Å². The van der Waals surface area contributed by atoms with Gasteiger partial charge in [0, 0.05) is 58.0 Å². The van der Waals surface area contributed by atoms with Gasteiger partial charge in [-0.1, -0.05) is 0 Å². The van der Waals surface area contributed by atoms with Crippen molar-refractivity contribution in [2.75, 3.05) is 20.4 Å². The second kappa shape index (κ2) is 12.2. The van der Waals surface area contributed by atoms with Crippen LogP contribution in [-0.2, 0) is 0 Å². The summed E-state index contributed by atoms with van der Waals surface area (Å²) in [5.74, 6) is -0.396. The fourth-order valence-electron chi connectivity index (χ4n) is 6.47. The summed E-state index contributed by atoms with van der Waals surface area (Å²) in [6.07, 6.45) is 7.39. The lowest BCUT2D eigenvalue weighted by Gasteiger charge is -2.41. The van der Waals surface area contributed by atoms with Crippen molar-refractivity contribution in [2.24, 2.45) is 0 Å². The number of benzene rings is 3. The smallest absolute Gasteiger partial charge is 0.255 e. The van der Waals surface area contributed by atoms with Crippen molar-refractivity contribution >= 4 is 34.6 Å². The van der Waals surface area contributed by atoms with Gasteiger partial charge in [-0.05, 0) is 139 Å². The van der Waals surface area contributed by atoms with Crippen LogP contribution >= 0.6 is 0 Å². The molecule has 0 unspecified atom stereocenters. The Morgan fingerprint density at radius 1 is 0.525 bits per heavy atom. The highest BCUT2D eigenvalue weighted by atomic mass is 16.2. The molecule has 0 spiro atoms. The fourth-order valence-corrected chi connectivity index (χ4v) is 6.47. The van der Waals surface area contributed by atoms with Crippen LogP contribution < -0.4 is 20.4 Å². The quantitative estimate of drug-likeness (QED) is 0.337. The molecular weight excluding hydrogens is 496 g/mol. The van der Waals surface area contributed by atoms with Gasteiger partial charge >= 0.3 is 0 Å². The van der Waals surface area contributed by atoms with Crippen LogP contribution in [0.1, 0.15) is 86.9 Å². The molecule has 2 N–H and O–H groups in total. The van der Waals surface area contributed by atoms with Crippen LogP contribution in [0.15, 0.2) is 72.8 Å². The zero-order valence-electron chi connectivity index (χ0n) is 24.2. The van der Waals surface area contributed by atoms with E-state index in [1.54, 1.807) is 24.3 Å². The van der Waals surface area contributed by atoms with E-state index in [2.05, 4.69) is 72.4 Å². The van der Waals surface area contributed by atoms with Crippen LogP contribution in [0, 0.1) is 0 Å². The molecule has 210 valence electrons. The Morgan fingerprint density at radius 3 is 1.12 bits per heavy atom. The molecular formula is C34H42N4O2. The lowest BCUT2D eigenvalue weighted by molar-refractivity contribution is 0.101. The Hall–Kier alpha value is -3.80. The number of hydrogen-bond acceptors (Lipinski definition) is 4. The van der Waals surface area contributed by atoms with Gasteiger partial charge in [-0.3, -0.25) is 9.59 Å². The van der Waals surface area contributed by atoms with E-state index in [-0.39, 0.29) is 11.8 Å². The van der Waals surface area contributed by atoms with Crippen molar-refractivity contribution in [3.05, 3.63) is 83.9 Å². The van der Waals surface area contributed by atoms with E-state index in [0.29, 0.717) is 35.3 Å². The summed E-state index contributed by atoms with van der Waals surface area (Å²) in [4.78, 5) is 30.7. The van der Waals surface area contributed by atoms with E-state index in [1.165, 1.54) is 49.9 Å². The number of rotatable bonds is 6. The van der Waals surface area contributed by atoms with Crippen LogP contribution in [0.3, 0.4) is 0 Å². The molecule has 2 amide bonds. The summed E-state index contributed by atoms with van der Waals surface area (Å²) < 4.78 is 0. The van der Waals surface area contributed by atoms with E-state index in [9.17, 15) is 9.59 Å². The SMILES string of the molecule is C[C@@H]1CCC[C@H](C)N1c1ccc(NC(=O)c2ccc(C(=O)Nc3ccc(N4[C@H](C)CCC[C@@H]4C)cc3)cc2)cc1. The van der Waals surface area contributed by atoms with Gasteiger partial charge in [0.15, 0.2) is 0 Å². The second-order valence-electron chi connectivity index (χ2n) is 11.7. The molecule has 0 radical (unpaired) electrons. The normalized spacial score (nSPS) is 23.0. The molecule has 6 nitrogen and oxygen atoms in total. The van der Waals surface area contributed by atoms with Crippen molar-refractivity contribution in [2.45, 2.75) is 90.4 Å². The number of piperidine rings is 2. The summed E-state index contributed by atoms with van der Waals surface area (Å²) in [7, 11) is 0. The van der Waals surface area contributed by atoms with Crippen LogP contribution in [0.4, 0.5) is 22.7 Å². The number of nitrogens with zero attached hydrogens (tertiary/aromatic N) is 2. The number of amides is 2. The van der Waals surface area contributed by atoms with Gasteiger partial charge in [-0.25, -0.2) is 0 Å². The third-order valence-corrected chi connectivity index (χ3v) is 8.64. The van der Waals surface area contributed by atoms with Gasteiger partial charge < -0.3 is 20.4 Å². The Balaban J connectivity index is 1.17. The molecule has 40 heavy (non-hydrogen) atoms. The highest BCUT2D eigenvalue weighted by Gasteiger charge is 2.26. The zero-order chi connectivity index (χ0) is 28.2. The van der Waals surface area contributed by atoms with Crippen molar-refractivity contribution in [3.63, 3.8) is 0 Å². The second-order valence-corrected chi connectivity index (χ2v) is 11.7. The average Bonchev–Trinajstić information content (AvgIpc) is 2.95. The molecule has 0 aromatic heterocycles. The molecule has 5 rings (SSSR count). The third kappa shape index (κ3) is 6.16. The number of anilines is 4. The molecule has 6 heteroatoms. The maximum atomic E-state index is 12.9. The van der Waals surface area contributed by atoms with Crippen LogP contribution in [-0.4, -0.2) is 36.0 Å². The lowest BCUT2D eigenvalue weighted by atomic mass is 9.96. The molecule has 3 aromatic carbocycles. The van der Waals surface area contributed by atoms with Crippen LogP contribution in [0.2, 0.25) is 0 Å². The molecule has 2 aliphatic rings. The fraction of sp³-hybridized carbons (Fsp3) is 0.412. The van der Waals surface area contributed by atoms with Crippen molar-refractivity contribution < 1.29 is 9.59 Å².